The molecule has 0 unspecified atom stereocenters. The molecule has 2 aromatic carbocycles. The number of Topliss-reactive ketones (excluding diaryl/α,β-unsaturated/α-hetero) is 1. The lowest BCUT2D eigenvalue weighted by Crippen LogP contribution is -1.95. The van der Waals surface area contributed by atoms with Crippen LogP contribution >= 0.6 is 0 Å². The van der Waals surface area contributed by atoms with Crippen molar-refractivity contribution in [1.29, 1.82) is 5.26 Å². The number of carbonyl (C=O) groups excluding carboxylic acids is 1. The minimum atomic E-state index is -0.130. The van der Waals surface area contributed by atoms with Crippen molar-refractivity contribution >= 4 is 11.9 Å². The number of hydrogen-bond donors (Lipinski definition) is 2. The summed E-state index contributed by atoms with van der Waals surface area (Å²) < 4.78 is 0. The minimum absolute atomic E-state index is 0.0394. The number of carbonyl (C=O) groups is 1. The van der Waals surface area contributed by atoms with Crippen LogP contribution in [-0.2, 0) is 6.42 Å². The highest BCUT2D eigenvalue weighted by Crippen LogP contribution is 2.32. The Bertz CT molecular complexity index is 828. The summed E-state index contributed by atoms with van der Waals surface area (Å²) in [5.41, 5.74) is 2.75. The zero-order valence-electron chi connectivity index (χ0n) is 11.0. The summed E-state index contributed by atoms with van der Waals surface area (Å²) in [6.07, 6.45) is 1.97. The van der Waals surface area contributed by atoms with Crippen LogP contribution in [0.25, 0.3) is 6.08 Å². The number of hydrogen-bond acceptors (Lipinski definition) is 4. The van der Waals surface area contributed by atoms with Crippen molar-refractivity contribution in [1.82, 2.24) is 0 Å². The molecule has 2 N–H and O–H groups in total. The first-order chi connectivity index (χ1) is 10.1. The second kappa shape index (κ2) is 4.80. The van der Waals surface area contributed by atoms with Gasteiger partial charge in [0.25, 0.3) is 0 Å². The van der Waals surface area contributed by atoms with Crippen molar-refractivity contribution < 1.29 is 15.0 Å². The Kier molecular flexibility index (Phi) is 2.96. The topological polar surface area (TPSA) is 81.3 Å². The van der Waals surface area contributed by atoms with E-state index in [1.165, 1.54) is 12.1 Å². The van der Waals surface area contributed by atoms with E-state index >= 15 is 0 Å². The van der Waals surface area contributed by atoms with Crippen molar-refractivity contribution in [3.05, 3.63) is 64.2 Å². The van der Waals surface area contributed by atoms with Gasteiger partial charge in [0.1, 0.15) is 11.5 Å². The van der Waals surface area contributed by atoms with Crippen LogP contribution in [0.2, 0.25) is 0 Å². The van der Waals surface area contributed by atoms with Crippen molar-refractivity contribution in [2.45, 2.75) is 6.42 Å². The van der Waals surface area contributed by atoms with Crippen LogP contribution in [0.3, 0.4) is 0 Å². The van der Waals surface area contributed by atoms with E-state index in [0.29, 0.717) is 28.7 Å². The Morgan fingerprint density at radius 3 is 2.71 bits per heavy atom. The molecule has 0 aliphatic heterocycles. The molecule has 3 rings (SSSR count). The first-order valence-electron chi connectivity index (χ1n) is 6.39. The van der Waals surface area contributed by atoms with Crippen LogP contribution in [0, 0.1) is 11.3 Å². The van der Waals surface area contributed by atoms with Gasteiger partial charge in [0.05, 0.1) is 11.6 Å². The van der Waals surface area contributed by atoms with Crippen LogP contribution in [0.15, 0.2) is 42.0 Å². The maximum absolute atomic E-state index is 12.3. The third-order valence-corrected chi connectivity index (χ3v) is 3.54. The Morgan fingerprint density at radius 2 is 2.00 bits per heavy atom. The normalized spacial score (nSPS) is 15.0. The van der Waals surface area contributed by atoms with E-state index in [1.807, 2.05) is 0 Å². The molecule has 0 fully saturated rings. The number of nitriles is 1. The molecule has 0 saturated carbocycles. The van der Waals surface area contributed by atoms with Gasteiger partial charge >= 0.3 is 0 Å². The van der Waals surface area contributed by atoms with Gasteiger partial charge in [-0.2, -0.15) is 5.26 Å². The van der Waals surface area contributed by atoms with E-state index in [2.05, 4.69) is 6.07 Å². The van der Waals surface area contributed by atoms with Crippen LogP contribution in [0.1, 0.15) is 27.0 Å². The Balaban J connectivity index is 2.05. The average molecular weight is 277 g/mol. The minimum Gasteiger partial charge on any atom is -0.508 e. The van der Waals surface area contributed by atoms with Crippen LogP contribution in [-0.4, -0.2) is 16.0 Å². The zero-order valence-corrected chi connectivity index (χ0v) is 11.0. The van der Waals surface area contributed by atoms with Crippen molar-refractivity contribution in [2.24, 2.45) is 0 Å². The highest BCUT2D eigenvalue weighted by atomic mass is 16.3. The molecule has 0 spiro atoms. The van der Waals surface area contributed by atoms with Crippen LogP contribution in [0.4, 0.5) is 0 Å². The quantitative estimate of drug-likeness (QED) is 0.785. The molecular weight excluding hydrogens is 266 g/mol. The molecule has 4 nitrogen and oxygen atoms in total. The van der Waals surface area contributed by atoms with Gasteiger partial charge in [-0.3, -0.25) is 4.79 Å². The van der Waals surface area contributed by atoms with E-state index in [-0.39, 0.29) is 17.3 Å². The van der Waals surface area contributed by atoms with Gasteiger partial charge in [-0.25, -0.2) is 0 Å². The number of ketones is 1. The van der Waals surface area contributed by atoms with E-state index in [9.17, 15) is 15.0 Å². The Labute approximate surface area is 121 Å². The standard InChI is InChI=1S/C17H11NO3/c18-9-11-2-1-3-14-15(11)7-12(17(14)21)6-10-4-5-13(19)8-16(10)20/h1-6,8,19-20H,7H2/b12-6+. The number of phenols is 2. The molecule has 4 heteroatoms. The molecule has 0 atom stereocenters. The number of aromatic hydroxyl groups is 2. The Morgan fingerprint density at radius 1 is 1.19 bits per heavy atom. The fourth-order valence-corrected chi connectivity index (χ4v) is 2.50. The molecule has 0 saturated heterocycles. The van der Waals surface area contributed by atoms with Gasteiger partial charge in [0.2, 0.25) is 0 Å². The molecule has 21 heavy (non-hydrogen) atoms. The lowest BCUT2D eigenvalue weighted by Gasteiger charge is -2.01. The van der Waals surface area contributed by atoms with Gasteiger partial charge < -0.3 is 10.2 Å². The molecule has 2 aromatic rings. The van der Waals surface area contributed by atoms with Gasteiger partial charge in [-0.05, 0) is 29.8 Å². The SMILES string of the molecule is N#Cc1cccc2c1C/C(=C\c1ccc(O)cc1O)C2=O. The third-order valence-electron chi connectivity index (χ3n) is 3.54. The number of allylic oxidation sites excluding steroid dienone is 1. The largest absolute Gasteiger partial charge is 0.508 e. The second-order valence-electron chi connectivity index (χ2n) is 4.86. The molecule has 0 bridgehead atoms. The molecule has 1 aliphatic carbocycles. The summed E-state index contributed by atoms with van der Waals surface area (Å²) in [5.74, 6) is -0.260. The lowest BCUT2D eigenvalue weighted by atomic mass is 10.0. The molecule has 0 amide bonds. The maximum atomic E-state index is 12.3. The summed E-state index contributed by atoms with van der Waals surface area (Å²) in [4.78, 5) is 12.3. The van der Waals surface area contributed by atoms with Gasteiger partial charge in [0, 0.05) is 29.2 Å². The fourth-order valence-electron chi connectivity index (χ4n) is 2.50. The highest BCUT2D eigenvalue weighted by Gasteiger charge is 2.27. The molecule has 0 aromatic heterocycles. The fraction of sp³-hybridized carbons (Fsp3) is 0.0588. The average Bonchev–Trinajstić information content (AvgIpc) is 2.79. The number of nitrogens with zero attached hydrogens (tertiary/aromatic N) is 1. The molecular formula is C17H11NO3. The van der Waals surface area contributed by atoms with Gasteiger partial charge in [-0.1, -0.05) is 12.1 Å². The van der Waals surface area contributed by atoms with Gasteiger partial charge in [0.15, 0.2) is 5.78 Å². The number of rotatable bonds is 1. The van der Waals surface area contributed by atoms with Crippen LogP contribution < -0.4 is 0 Å². The zero-order chi connectivity index (χ0) is 15.0. The molecule has 0 radical (unpaired) electrons. The summed E-state index contributed by atoms with van der Waals surface area (Å²) >= 11 is 0. The van der Waals surface area contributed by atoms with Crippen molar-refractivity contribution in [3.63, 3.8) is 0 Å². The molecule has 0 heterocycles. The second-order valence-corrected chi connectivity index (χ2v) is 4.86. The first-order valence-corrected chi connectivity index (χ1v) is 6.39. The lowest BCUT2D eigenvalue weighted by molar-refractivity contribution is 0.104. The summed E-state index contributed by atoms with van der Waals surface area (Å²) in [6, 6.07) is 11.4. The number of fused-ring (bicyclic) bond motifs is 1. The van der Waals surface area contributed by atoms with Crippen molar-refractivity contribution in [3.8, 4) is 17.6 Å². The summed E-state index contributed by atoms with van der Waals surface area (Å²) in [7, 11) is 0. The molecule has 1 aliphatic rings. The van der Waals surface area contributed by atoms with Crippen LogP contribution in [0.5, 0.6) is 11.5 Å². The number of benzene rings is 2. The predicted molar refractivity (Wildman–Crippen MR) is 76.9 cm³/mol. The Hall–Kier alpha value is -3.06. The summed E-state index contributed by atoms with van der Waals surface area (Å²) in [6.45, 7) is 0. The van der Waals surface area contributed by atoms with Crippen molar-refractivity contribution in [2.75, 3.05) is 0 Å². The van der Waals surface area contributed by atoms with E-state index in [0.717, 1.165) is 5.56 Å². The number of phenolic OH excluding ortho intramolecular Hbond substituents is 2. The van der Waals surface area contributed by atoms with E-state index in [1.54, 1.807) is 30.3 Å². The monoisotopic (exact) mass is 277 g/mol. The maximum Gasteiger partial charge on any atom is 0.189 e. The molecule has 102 valence electrons. The van der Waals surface area contributed by atoms with E-state index in [4.69, 9.17) is 5.26 Å². The van der Waals surface area contributed by atoms with E-state index < -0.39 is 0 Å². The predicted octanol–water partition coefficient (Wildman–Crippen LogP) is 2.79. The van der Waals surface area contributed by atoms with Gasteiger partial charge in [-0.15, -0.1) is 0 Å². The highest BCUT2D eigenvalue weighted by molar-refractivity contribution is 6.16. The first kappa shape index (κ1) is 12.9. The third kappa shape index (κ3) is 2.15. The smallest absolute Gasteiger partial charge is 0.189 e. The summed E-state index contributed by atoms with van der Waals surface area (Å²) in [5, 5.41) is 28.2.